The Morgan fingerprint density at radius 3 is 2.61 bits per heavy atom. The number of nitrogens with two attached hydrogens (primary N) is 1. The standard InChI is InChI=1S/C9H7F3N6/c10-9(11,12)6-2-4-18(17-6)8-5(7(13)14)1-3-15-16-8/h1-4H,(H3,13,14). The van der Waals surface area contributed by atoms with Crippen LogP contribution in [0.25, 0.3) is 5.82 Å². The van der Waals surface area contributed by atoms with Crippen LogP contribution in [0.1, 0.15) is 11.3 Å². The number of nitrogens with zero attached hydrogens (tertiary/aromatic N) is 4. The average molecular weight is 256 g/mol. The molecule has 9 heteroatoms. The van der Waals surface area contributed by atoms with Crippen molar-refractivity contribution in [1.29, 1.82) is 5.41 Å². The number of amidine groups is 1. The number of halogens is 3. The second-order valence-electron chi connectivity index (χ2n) is 3.33. The van der Waals surface area contributed by atoms with Crippen LogP contribution in [0.5, 0.6) is 0 Å². The molecule has 2 aromatic rings. The maximum atomic E-state index is 12.4. The van der Waals surface area contributed by atoms with E-state index in [1.165, 1.54) is 12.3 Å². The van der Waals surface area contributed by atoms with Crippen LogP contribution in [0, 0.1) is 5.41 Å². The zero-order valence-corrected chi connectivity index (χ0v) is 8.81. The molecule has 0 aliphatic carbocycles. The minimum Gasteiger partial charge on any atom is -0.384 e. The normalized spacial score (nSPS) is 11.5. The molecular weight excluding hydrogens is 249 g/mol. The van der Waals surface area contributed by atoms with E-state index < -0.39 is 11.9 Å². The van der Waals surface area contributed by atoms with Gasteiger partial charge in [-0.25, -0.2) is 4.68 Å². The molecule has 94 valence electrons. The fourth-order valence-corrected chi connectivity index (χ4v) is 1.30. The number of hydrogen-bond donors (Lipinski definition) is 2. The van der Waals surface area contributed by atoms with Crippen LogP contribution in [0.15, 0.2) is 24.5 Å². The van der Waals surface area contributed by atoms with Gasteiger partial charge in [0.1, 0.15) is 5.84 Å². The van der Waals surface area contributed by atoms with Crippen LogP contribution >= 0.6 is 0 Å². The SMILES string of the molecule is N=C(N)c1ccnnc1-n1ccc(C(F)(F)F)n1. The van der Waals surface area contributed by atoms with Gasteiger partial charge in [-0.05, 0) is 12.1 Å². The number of alkyl halides is 3. The Balaban J connectivity index is 2.50. The highest BCUT2D eigenvalue weighted by molar-refractivity contribution is 5.97. The Labute approximate surface area is 98.8 Å². The monoisotopic (exact) mass is 256 g/mol. The van der Waals surface area contributed by atoms with Crippen molar-refractivity contribution in [3.63, 3.8) is 0 Å². The van der Waals surface area contributed by atoms with E-state index in [4.69, 9.17) is 11.1 Å². The highest BCUT2D eigenvalue weighted by Gasteiger charge is 2.33. The van der Waals surface area contributed by atoms with Crippen molar-refractivity contribution in [2.45, 2.75) is 6.18 Å². The summed E-state index contributed by atoms with van der Waals surface area (Å²) in [5.74, 6) is -0.357. The average Bonchev–Trinajstić information content (AvgIpc) is 2.77. The topological polar surface area (TPSA) is 93.5 Å². The summed E-state index contributed by atoms with van der Waals surface area (Å²) in [6, 6.07) is 2.18. The smallest absolute Gasteiger partial charge is 0.384 e. The van der Waals surface area contributed by atoms with E-state index in [1.54, 1.807) is 0 Å². The molecule has 3 N–H and O–H groups in total. The highest BCUT2D eigenvalue weighted by Crippen LogP contribution is 2.27. The summed E-state index contributed by atoms with van der Waals surface area (Å²) in [7, 11) is 0. The molecule has 18 heavy (non-hydrogen) atoms. The molecular formula is C9H7F3N6. The van der Waals surface area contributed by atoms with Gasteiger partial charge >= 0.3 is 6.18 Å². The van der Waals surface area contributed by atoms with Crippen LogP contribution < -0.4 is 5.73 Å². The van der Waals surface area contributed by atoms with Crippen molar-refractivity contribution in [1.82, 2.24) is 20.0 Å². The first-order valence-corrected chi connectivity index (χ1v) is 4.69. The minimum absolute atomic E-state index is 0.0273. The third kappa shape index (κ3) is 2.14. The van der Waals surface area contributed by atoms with Gasteiger partial charge in [0.05, 0.1) is 11.8 Å². The van der Waals surface area contributed by atoms with E-state index in [0.717, 1.165) is 16.9 Å². The molecule has 0 radical (unpaired) electrons. The first kappa shape index (κ1) is 12.0. The van der Waals surface area contributed by atoms with Crippen LogP contribution in [-0.4, -0.2) is 25.8 Å². The molecule has 0 unspecified atom stereocenters. The zero-order chi connectivity index (χ0) is 13.3. The zero-order valence-electron chi connectivity index (χ0n) is 8.81. The van der Waals surface area contributed by atoms with Gasteiger partial charge in [-0.1, -0.05) is 0 Å². The van der Waals surface area contributed by atoms with Crippen LogP contribution in [0.4, 0.5) is 13.2 Å². The molecule has 2 rings (SSSR count). The molecule has 0 amide bonds. The number of aromatic nitrogens is 4. The van der Waals surface area contributed by atoms with Gasteiger partial charge in [0.25, 0.3) is 0 Å². The van der Waals surface area contributed by atoms with Gasteiger partial charge in [0.2, 0.25) is 0 Å². The summed E-state index contributed by atoms with van der Waals surface area (Å²) in [5, 5.41) is 17.8. The lowest BCUT2D eigenvalue weighted by Gasteiger charge is -2.05. The number of rotatable bonds is 2. The second-order valence-corrected chi connectivity index (χ2v) is 3.33. The first-order chi connectivity index (χ1) is 8.39. The van der Waals surface area contributed by atoms with Gasteiger partial charge in [-0.15, -0.1) is 5.10 Å². The van der Waals surface area contributed by atoms with Gasteiger partial charge < -0.3 is 5.73 Å². The lowest BCUT2D eigenvalue weighted by atomic mass is 10.2. The Morgan fingerprint density at radius 1 is 1.33 bits per heavy atom. The Morgan fingerprint density at radius 2 is 2.06 bits per heavy atom. The van der Waals surface area contributed by atoms with E-state index in [1.807, 2.05) is 0 Å². The van der Waals surface area contributed by atoms with Gasteiger partial charge in [0, 0.05) is 6.20 Å². The quantitative estimate of drug-likeness (QED) is 0.618. The largest absolute Gasteiger partial charge is 0.435 e. The van der Waals surface area contributed by atoms with E-state index in [9.17, 15) is 13.2 Å². The van der Waals surface area contributed by atoms with Crippen molar-refractivity contribution in [3.05, 3.63) is 35.8 Å². The molecule has 0 aliphatic rings. The second kappa shape index (κ2) is 4.09. The molecule has 0 saturated carbocycles. The summed E-state index contributed by atoms with van der Waals surface area (Å²) in [5.41, 5.74) is 4.40. The summed E-state index contributed by atoms with van der Waals surface area (Å²) >= 11 is 0. The Kier molecular flexibility index (Phi) is 2.73. The molecule has 0 saturated heterocycles. The molecule has 0 aliphatic heterocycles. The molecule has 0 spiro atoms. The Hall–Kier alpha value is -2.45. The van der Waals surface area contributed by atoms with Crippen molar-refractivity contribution in [2.75, 3.05) is 0 Å². The lowest BCUT2D eigenvalue weighted by molar-refractivity contribution is -0.141. The van der Waals surface area contributed by atoms with Crippen molar-refractivity contribution in [2.24, 2.45) is 5.73 Å². The van der Waals surface area contributed by atoms with Gasteiger partial charge in [-0.2, -0.15) is 23.4 Å². The van der Waals surface area contributed by atoms with Gasteiger partial charge in [0.15, 0.2) is 11.5 Å². The van der Waals surface area contributed by atoms with Crippen LogP contribution in [-0.2, 0) is 6.18 Å². The number of nitrogens with one attached hydrogen (secondary N) is 1. The predicted molar refractivity (Wildman–Crippen MR) is 55.2 cm³/mol. The molecule has 0 aromatic carbocycles. The molecule has 0 fully saturated rings. The summed E-state index contributed by atoms with van der Waals surface area (Å²) in [6.07, 6.45) is -2.17. The van der Waals surface area contributed by atoms with Gasteiger partial charge in [-0.3, -0.25) is 5.41 Å². The first-order valence-electron chi connectivity index (χ1n) is 4.69. The molecule has 0 atom stereocenters. The fraction of sp³-hybridized carbons (Fsp3) is 0.111. The van der Waals surface area contributed by atoms with Crippen molar-refractivity contribution >= 4 is 5.84 Å². The van der Waals surface area contributed by atoms with Crippen molar-refractivity contribution in [3.8, 4) is 5.82 Å². The maximum absolute atomic E-state index is 12.4. The fourth-order valence-electron chi connectivity index (χ4n) is 1.30. The summed E-state index contributed by atoms with van der Waals surface area (Å²) < 4.78 is 38.1. The van der Waals surface area contributed by atoms with Crippen LogP contribution in [0.2, 0.25) is 0 Å². The molecule has 0 bridgehead atoms. The van der Waals surface area contributed by atoms with E-state index >= 15 is 0 Å². The van der Waals surface area contributed by atoms with Crippen molar-refractivity contribution < 1.29 is 13.2 Å². The Bertz CT molecular complexity index is 588. The highest BCUT2D eigenvalue weighted by atomic mass is 19.4. The molecule has 2 heterocycles. The molecule has 6 nitrogen and oxygen atoms in total. The summed E-state index contributed by atoms with van der Waals surface area (Å²) in [4.78, 5) is 0. The molecule has 2 aromatic heterocycles. The summed E-state index contributed by atoms with van der Waals surface area (Å²) in [6.45, 7) is 0. The van der Waals surface area contributed by atoms with E-state index in [0.29, 0.717) is 0 Å². The maximum Gasteiger partial charge on any atom is 0.435 e. The lowest BCUT2D eigenvalue weighted by Crippen LogP contribution is -2.17. The van der Waals surface area contributed by atoms with E-state index in [2.05, 4.69) is 15.3 Å². The van der Waals surface area contributed by atoms with Crippen LogP contribution in [0.3, 0.4) is 0 Å². The minimum atomic E-state index is -4.54. The third-order valence-corrected chi connectivity index (χ3v) is 2.09. The van der Waals surface area contributed by atoms with E-state index in [-0.39, 0.29) is 17.2 Å². The number of nitrogen functional groups attached to an aromatic ring is 1. The number of hydrogen-bond acceptors (Lipinski definition) is 4. The third-order valence-electron chi connectivity index (χ3n) is 2.09. The predicted octanol–water partition coefficient (Wildman–Crippen LogP) is 0.965.